The Bertz CT molecular complexity index is 623. The molecule has 2 aliphatic rings. The van der Waals surface area contributed by atoms with Crippen LogP contribution in [0, 0.1) is 12.8 Å². The van der Waals surface area contributed by atoms with Gasteiger partial charge < -0.3 is 16.0 Å². The molecule has 1 aromatic carbocycles. The SMILES string of the molecule is Cc1cc(C(=O)NC2CCCCC2)ccc1NC(=O)C1CCCNC1.Cl. The van der Waals surface area contributed by atoms with Gasteiger partial charge in [-0.25, -0.2) is 0 Å². The van der Waals surface area contributed by atoms with Crippen molar-refractivity contribution in [1.82, 2.24) is 10.6 Å². The Labute approximate surface area is 162 Å². The van der Waals surface area contributed by atoms with Crippen molar-refractivity contribution in [2.24, 2.45) is 5.92 Å². The molecule has 3 rings (SSSR count). The third-order valence-electron chi connectivity index (χ3n) is 5.35. The van der Waals surface area contributed by atoms with Crippen LogP contribution in [0.15, 0.2) is 18.2 Å². The molecular weight excluding hydrogens is 350 g/mol. The van der Waals surface area contributed by atoms with E-state index < -0.39 is 0 Å². The van der Waals surface area contributed by atoms with Gasteiger partial charge in [-0.3, -0.25) is 9.59 Å². The highest BCUT2D eigenvalue weighted by molar-refractivity contribution is 5.97. The number of carbonyl (C=O) groups is 2. The van der Waals surface area contributed by atoms with Gasteiger partial charge in [0.05, 0.1) is 5.92 Å². The number of piperidine rings is 1. The van der Waals surface area contributed by atoms with Crippen LogP contribution in [0.3, 0.4) is 0 Å². The Morgan fingerprint density at radius 3 is 2.50 bits per heavy atom. The summed E-state index contributed by atoms with van der Waals surface area (Å²) in [4.78, 5) is 24.8. The van der Waals surface area contributed by atoms with Crippen molar-refractivity contribution in [3.63, 3.8) is 0 Å². The smallest absolute Gasteiger partial charge is 0.251 e. The van der Waals surface area contributed by atoms with Gasteiger partial charge in [0.1, 0.15) is 0 Å². The van der Waals surface area contributed by atoms with Crippen molar-refractivity contribution in [2.45, 2.75) is 57.9 Å². The fourth-order valence-electron chi connectivity index (χ4n) is 3.77. The van der Waals surface area contributed by atoms with E-state index in [1.165, 1.54) is 19.3 Å². The third-order valence-corrected chi connectivity index (χ3v) is 5.35. The summed E-state index contributed by atoms with van der Waals surface area (Å²) in [6.45, 7) is 3.67. The van der Waals surface area contributed by atoms with Crippen molar-refractivity contribution < 1.29 is 9.59 Å². The van der Waals surface area contributed by atoms with Crippen LogP contribution in [-0.4, -0.2) is 30.9 Å². The van der Waals surface area contributed by atoms with Gasteiger partial charge in [-0.15, -0.1) is 12.4 Å². The Morgan fingerprint density at radius 1 is 1.08 bits per heavy atom. The van der Waals surface area contributed by atoms with Gasteiger partial charge in [-0.1, -0.05) is 19.3 Å². The lowest BCUT2D eigenvalue weighted by Crippen LogP contribution is -2.37. The number of halogens is 1. The molecular formula is C20H30ClN3O2. The van der Waals surface area contributed by atoms with E-state index >= 15 is 0 Å². The van der Waals surface area contributed by atoms with Crippen molar-refractivity contribution >= 4 is 29.9 Å². The number of amides is 2. The zero-order valence-corrected chi connectivity index (χ0v) is 16.3. The average molecular weight is 380 g/mol. The van der Waals surface area contributed by atoms with Crippen molar-refractivity contribution in [2.75, 3.05) is 18.4 Å². The molecule has 0 aromatic heterocycles. The molecule has 1 unspecified atom stereocenters. The Kier molecular flexibility index (Phi) is 7.91. The summed E-state index contributed by atoms with van der Waals surface area (Å²) in [5.74, 6) is 0.0847. The number of carbonyl (C=O) groups excluding carboxylic acids is 2. The maximum Gasteiger partial charge on any atom is 0.251 e. The van der Waals surface area contributed by atoms with Crippen LogP contribution in [0.25, 0.3) is 0 Å². The van der Waals surface area contributed by atoms with E-state index in [1.54, 1.807) is 6.07 Å². The molecule has 1 aliphatic heterocycles. The second-order valence-electron chi connectivity index (χ2n) is 7.37. The Hall–Kier alpha value is -1.59. The maximum atomic E-state index is 12.4. The average Bonchev–Trinajstić information content (AvgIpc) is 2.65. The van der Waals surface area contributed by atoms with E-state index in [4.69, 9.17) is 0 Å². The minimum Gasteiger partial charge on any atom is -0.349 e. The molecule has 2 amide bonds. The lowest BCUT2D eigenvalue weighted by molar-refractivity contribution is -0.120. The van der Waals surface area contributed by atoms with Gasteiger partial charge in [0.15, 0.2) is 0 Å². The van der Waals surface area contributed by atoms with Crippen LogP contribution < -0.4 is 16.0 Å². The molecule has 0 bridgehead atoms. The van der Waals surface area contributed by atoms with E-state index in [-0.39, 0.29) is 30.1 Å². The molecule has 0 spiro atoms. The molecule has 1 saturated heterocycles. The summed E-state index contributed by atoms with van der Waals surface area (Å²) in [5.41, 5.74) is 2.39. The van der Waals surface area contributed by atoms with Crippen molar-refractivity contribution in [3.8, 4) is 0 Å². The van der Waals surface area contributed by atoms with Crippen LogP contribution in [-0.2, 0) is 4.79 Å². The number of hydrogen-bond acceptors (Lipinski definition) is 3. The van der Waals surface area contributed by atoms with Crippen LogP contribution >= 0.6 is 12.4 Å². The predicted molar refractivity (Wildman–Crippen MR) is 107 cm³/mol. The highest BCUT2D eigenvalue weighted by atomic mass is 35.5. The van der Waals surface area contributed by atoms with E-state index in [2.05, 4.69) is 16.0 Å². The zero-order chi connectivity index (χ0) is 17.6. The highest BCUT2D eigenvalue weighted by Gasteiger charge is 2.22. The van der Waals surface area contributed by atoms with Gasteiger partial charge in [-0.2, -0.15) is 0 Å². The first-order chi connectivity index (χ1) is 12.1. The molecule has 1 atom stereocenters. The van der Waals surface area contributed by atoms with Crippen molar-refractivity contribution in [3.05, 3.63) is 29.3 Å². The fourth-order valence-corrected chi connectivity index (χ4v) is 3.77. The summed E-state index contributed by atoms with van der Waals surface area (Å²) in [5, 5.41) is 9.42. The van der Waals surface area contributed by atoms with E-state index in [9.17, 15) is 9.59 Å². The van der Waals surface area contributed by atoms with Gasteiger partial charge in [0.2, 0.25) is 5.91 Å². The summed E-state index contributed by atoms with van der Waals surface area (Å²) in [6, 6.07) is 5.83. The van der Waals surface area contributed by atoms with Crippen LogP contribution in [0.2, 0.25) is 0 Å². The summed E-state index contributed by atoms with van der Waals surface area (Å²) in [6.07, 6.45) is 7.80. The molecule has 1 heterocycles. The van der Waals surface area contributed by atoms with Gasteiger partial charge in [0, 0.05) is 23.8 Å². The topological polar surface area (TPSA) is 70.2 Å². The normalized spacial score (nSPS) is 20.7. The maximum absolute atomic E-state index is 12.4. The zero-order valence-electron chi connectivity index (χ0n) is 15.5. The standard InChI is InChI=1S/C20H29N3O2.ClH/c1-14-12-15(19(24)22-17-7-3-2-4-8-17)9-10-18(14)23-20(25)16-6-5-11-21-13-16;/h9-10,12,16-17,21H,2-8,11,13H2,1H3,(H,22,24)(H,23,25);1H. The molecule has 144 valence electrons. The predicted octanol–water partition coefficient (Wildman–Crippen LogP) is 3.42. The lowest BCUT2D eigenvalue weighted by Gasteiger charge is -2.23. The number of benzene rings is 1. The minimum absolute atomic E-state index is 0. The van der Waals surface area contributed by atoms with Gasteiger partial charge in [-0.05, 0) is 62.9 Å². The van der Waals surface area contributed by atoms with Crippen LogP contribution in [0.4, 0.5) is 5.69 Å². The van der Waals surface area contributed by atoms with E-state index in [0.717, 1.165) is 50.0 Å². The van der Waals surface area contributed by atoms with Gasteiger partial charge in [0.25, 0.3) is 5.91 Å². The van der Waals surface area contributed by atoms with Crippen LogP contribution in [0.1, 0.15) is 60.9 Å². The van der Waals surface area contributed by atoms with Crippen molar-refractivity contribution in [1.29, 1.82) is 0 Å². The first kappa shape index (κ1) is 20.7. The summed E-state index contributed by atoms with van der Waals surface area (Å²) in [7, 11) is 0. The largest absolute Gasteiger partial charge is 0.349 e. The minimum atomic E-state index is -0.00985. The Balaban J connectivity index is 0.00000243. The van der Waals surface area contributed by atoms with Gasteiger partial charge >= 0.3 is 0 Å². The molecule has 3 N–H and O–H groups in total. The van der Waals surface area contributed by atoms with E-state index in [0.29, 0.717) is 11.6 Å². The monoisotopic (exact) mass is 379 g/mol. The number of hydrogen-bond donors (Lipinski definition) is 3. The molecule has 6 heteroatoms. The molecule has 5 nitrogen and oxygen atoms in total. The quantitative estimate of drug-likeness (QED) is 0.750. The molecule has 1 aliphatic carbocycles. The summed E-state index contributed by atoms with van der Waals surface area (Å²) >= 11 is 0. The van der Waals surface area contributed by atoms with Crippen LogP contribution in [0.5, 0.6) is 0 Å². The number of nitrogens with one attached hydrogen (secondary N) is 3. The lowest BCUT2D eigenvalue weighted by atomic mass is 9.95. The fraction of sp³-hybridized carbons (Fsp3) is 0.600. The summed E-state index contributed by atoms with van der Waals surface area (Å²) < 4.78 is 0. The number of aryl methyl sites for hydroxylation is 1. The molecule has 1 saturated carbocycles. The molecule has 26 heavy (non-hydrogen) atoms. The van der Waals surface area contributed by atoms with E-state index in [1.807, 2.05) is 19.1 Å². The first-order valence-corrected chi connectivity index (χ1v) is 9.56. The second-order valence-corrected chi connectivity index (χ2v) is 7.37. The molecule has 1 aromatic rings. The molecule has 2 fully saturated rings. The number of rotatable bonds is 4. The second kappa shape index (κ2) is 9.93. The highest BCUT2D eigenvalue weighted by Crippen LogP contribution is 2.21. The molecule has 0 radical (unpaired) electrons. The third kappa shape index (κ3) is 5.45. The Morgan fingerprint density at radius 2 is 1.85 bits per heavy atom. The first-order valence-electron chi connectivity index (χ1n) is 9.56. The number of anilines is 1.